The van der Waals surface area contributed by atoms with Crippen LogP contribution in [0.1, 0.15) is 38.4 Å². The summed E-state index contributed by atoms with van der Waals surface area (Å²) >= 11 is 0. The summed E-state index contributed by atoms with van der Waals surface area (Å²) in [5.41, 5.74) is 5.43. The van der Waals surface area contributed by atoms with Crippen molar-refractivity contribution in [3.63, 3.8) is 0 Å². The first-order valence-electron chi connectivity index (χ1n) is 11.1. The molecule has 1 aliphatic heterocycles. The Labute approximate surface area is 195 Å². The van der Waals surface area contributed by atoms with Crippen molar-refractivity contribution >= 4 is 15.9 Å². The molecule has 3 aromatic rings. The van der Waals surface area contributed by atoms with Crippen molar-refractivity contribution in [2.75, 3.05) is 26.2 Å². The van der Waals surface area contributed by atoms with Gasteiger partial charge in [-0.2, -0.15) is 9.40 Å². The van der Waals surface area contributed by atoms with E-state index in [1.807, 2.05) is 74.8 Å². The molecule has 0 saturated carbocycles. The van der Waals surface area contributed by atoms with E-state index in [0.717, 1.165) is 28.1 Å². The van der Waals surface area contributed by atoms with Gasteiger partial charge in [0.2, 0.25) is 10.0 Å². The molecule has 4 rings (SSSR count). The van der Waals surface area contributed by atoms with Gasteiger partial charge in [0.15, 0.2) is 0 Å². The summed E-state index contributed by atoms with van der Waals surface area (Å²) in [5.74, 6) is -0.0752. The van der Waals surface area contributed by atoms with Crippen molar-refractivity contribution < 1.29 is 13.2 Å². The van der Waals surface area contributed by atoms with Crippen molar-refractivity contribution in [1.29, 1.82) is 0 Å². The highest BCUT2D eigenvalue weighted by molar-refractivity contribution is 7.89. The number of hydrogen-bond acceptors (Lipinski definition) is 4. The number of amides is 1. The summed E-state index contributed by atoms with van der Waals surface area (Å²) < 4.78 is 29.7. The van der Waals surface area contributed by atoms with Gasteiger partial charge in [0.1, 0.15) is 0 Å². The Morgan fingerprint density at radius 1 is 0.939 bits per heavy atom. The Hall–Kier alpha value is -2.97. The van der Waals surface area contributed by atoms with Crippen molar-refractivity contribution in [3.05, 3.63) is 82.2 Å². The van der Waals surface area contributed by atoms with Crippen LogP contribution in [0.25, 0.3) is 0 Å². The van der Waals surface area contributed by atoms with Gasteiger partial charge in [-0.1, -0.05) is 29.8 Å². The van der Waals surface area contributed by atoms with Crippen molar-refractivity contribution in [1.82, 2.24) is 19.0 Å². The maximum Gasteiger partial charge on any atom is 0.253 e. The van der Waals surface area contributed by atoms with Crippen LogP contribution in [-0.4, -0.2) is 59.5 Å². The van der Waals surface area contributed by atoms with E-state index in [9.17, 15) is 13.2 Å². The van der Waals surface area contributed by atoms with Crippen LogP contribution in [-0.2, 0) is 16.6 Å². The largest absolute Gasteiger partial charge is 0.336 e. The van der Waals surface area contributed by atoms with Gasteiger partial charge < -0.3 is 4.90 Å². The molecule has 33 heavy (non-hydrogen) atoms. The first kappa shape index (κ1) is 23.2. The first-order chi connectivity index (χ1) is 15.6. The van der Waals surface area contributed by atoms with E-state index in [4.69, 9.17) is 0 Å². The van der Waals surface area contributed by atoms with E-state index >= 15 is 0 Å². The summed E-state index contributed by atoms with van der Waals surface area (Å²) in [4.78, 5) is 15.2. The predicted molar refractivity (Wildman–Crippen MR) is 128 cm³/mol. The molecule has 1 fully saturated rings. The average molecular weight is 467 g/mol. The molecule has 0 bridgehead atoms. The normalized spacial score (nSPS) is 15.1. The third-order valence-corrected chi connectivity index (χ3v) is 8.14. The van der Waals surface area contributed by atoms with Crippen LogP contribution >= 0.6 is 0 Å². The molecule has 1 amide bonds. The molecule has 7 nitrogen and oxygen atoms in total. The van der Waals surface area contributed by atoms with Gasteiger partial charge in [-0.3, -0.25) is 9.48 Å². The van der Waals surface area contributed by atoms with E-state index in [-0.39, 0.29) is 19.0 Å². The standard InChI is InChI=1S/C25H30N4O3S/c1-18-8-9-24(19(2)14-18)33(31,32)28-12-10-27(11-13-28)25(30)23-7-5-6-22(16-23)17-29-21(4)15-20(3)26-29/h5-9,14-16H,10-13,17H2,1-4H3. The maximum absolute atomic E-state index is 13.1. The summed E-state index contributed by atoms with van der Waals surface area (Å²) in [6.45, 7) is 9.64. The van der Waals surface area contributed by atoms with E-state index in [2.05, 4.69) is 5.10 Å². The molecule has 0 N–H and O–H groups in total. The fourth-order valence-electron chi connectivity index (χ4n) is 4.35. The van der Waals surface area contributed by atoms with E-state index in [1.165, 1.54) is 4.31 Å². The second kappa shape index (κ2) is 9.11. The second-order valence-electron chi connectivity index (χ2n) is 8.75. The monoisotopic (exact) mass is 466 g/mol. The Bertz CT molecular complexity index is 1290. The zero-order valence-electron chi connectivity index (χ0n) is 19.6. The van der Waals surface area contributed by atoms with Gasteiger partial charge in [0.25, 0.3) is 5.91 Å². The minimum absolute atomic E-state index is 0.0752. The smallest absolute Gasteiger partial charge is 0.253 e. The van der Waals surface area contributed by atoms with Crippen LogP contribution in [0.3, 0.4) is 0 Å². The second-order valence-corrected chi connectivity index (χ2v) is 10.7. The number of hydrogen-bond donors (Lipinski definition) is 0. The molecule has 2 aromatic carbocycles. The summed E-state index contributed by atoms with van der Waals surface area (Å²) in [6.07, 6.45) is 0. The number of carbonyl (C=O) groups is 1. The van der Waals surface area contributed by atoms with E-state index in [0.29, 0.717) is 30.1 Å². The lowest BCUT2D eigenvalue weighted by Crippen LogP contribution is -2.50. The highest BCUT2D eigenvalue weighted by Gasteiger charge is 2.31. The molecular weight excluding hydrogens is 436 g/mol. The molecule has 2 heterocycles. The summed E-state index contributed by atoms with van der Waals surface area (Å²) in [7, 11) is -3.58. The third-order valence-electron chi connectivity index (χ3n) is 6.08. The highest BCUT2D eigenvalue weighted by Crippen LogP contribution is 2.23. The van der Waals surface area contributed by atoms with Crippen LogP contribution in [0, 0.1) is 27.7 Å². The number of sulfonamides is 1. The van der Waals surface area contributed by atoms with Crippen molar-refractivity contribution in [3.8, 4) is 0 Å². The van der Waals surface area contributed by atoms with Crippen LogP contribution < -0.4 is 0 Å². The number of nitrogens with zero attached hydrogens (tertiary/aromatic N) is 4. The molecule has 0 aliphatic carbocycles. The lowest BCUT2D eigenvalue weighted by Gasteiger charge is -2.34. The number of piperazine rings is 1. The van der Waals surface area contributed by atoms with Crippen LogP contribution in [0.5, 0.6) is 0 Å². The minimum atomic E-state index is -3.58. The topological polar surface area (TPSA) is 75.5 Å². The Morgan fingerprint density at radius 3 is 2.30 bits per heavy atom. The number of rotatable bonds is 5. The minimum Gasteiger partial charge on any atom is -0.336 e. The number of aryl methyl sites for hydroxylation is 4. The molecule has 174 valence electrons. The zero-order chi connectivity index (χ0) is 23.8. The Kier molecular flexibility index (Phi) is 6.41. The van der Waals surface area contributed by atoms with Gasteiger partial charge in [-0.25, -0.2) is 8.42 Å². The third kappa shape index (κ3) is 4.86. The fraction of sp³-hybridized carbons (Fsp3) is 0.360. The average Bonchev–Trinajstić information content (AvgIpc) is 3.09. The molecular formula is C25H30N4O3S. The van der Waals surface area contributed by atoms with Crippen LogP contribution in [0.4, 0.5) is 0 Å². The van der Waals surface area contributed by atoms with Gasteiger partial charge in [0, 0.05) is 37.4 Å². The van der Waals surface area contributed by atoms with Crippen molar-refractivity contribution in [2.45, 2.75) is 39.1 Å². The van der Waals surface area contributed by atoms with Crippen LogP contribution in [0.2, 0.25) is 0 Å². The number of benzene rings is 2. The summed E-state index contributed by atoms with van der Waals surface area (Å²) in [6, 6.07) is 15.0. The SMILES string of the molecule is Cc1ccc(S(=O)(=O)N2CCN(C(=O)c3cccc(Cn4nc(C)cc4C)c3)CC2)c(C)c1. The van der Waals surface area contributed by atoms with Gasteiger partial charge >= 0.3 is 0 Å². The molecule has 0 spiro atoms. The Morgan fingerprint density at radius 2 is 1.67 bits per heavy atom. The molecule has 1 saturated heterocycles. The highest BCUT2D eigenvalue weighted by atomic mass is 32.2. The first-order valence-corrected chi connectivity index (χ1v) is 12.6. The molecule has 0 unspecified atom stereocenters. The van der Waals surface area contributed by atoms with Gasteiger partial charge in [-0.15, -0.1) is 0 Å². The maximum atomic E-state index is 13.1. The van der Waals surface area contributed by atoms with E-state index < -0.39 is 10.0 Å². The van der Waals surface area contributed by atoms with Crippen molar-refractivity contribution in [2.24, 2.45) is 0 Å². The lowest BCUT2D eigenvalue weighted by atomic mass is 10.1. The zero-order valence-corrected chi connectivity index (χ0v) is 20.4. The predicted octanol–water partition coefficient (Wildman–Crippen LogP) is 3.31. The molecule has 1 aliphatic rings. The molecule has 1 aromatic heterocycles. The fourth-order valence-corrected chi connectivity index (χ4v) is 5.98. The quantitative estimate of drug-likeness (QED) is 0.578. The summed E-state index contributed by atoms with van der Waals surface area (Å²) in [5, 5.41) is 4.50. The molecule has 0 atom stereocenters. The number of carbonyl (C=O) groups excluding carboxylic acids is 1. The lowest BCUT2D eigenvalue weighted by molar-refractivity contribution is 0.0697. The molecule has 8 heteroatoms. The Balaban J connectivity index is 1.44. The van der Waals surface area contributed by atoms with Gasteiger partial charge in [-0.05, 0) is 63.1 Å². The molecule has 0 radical (unpaired) electrons. The van der Waals surface area contributed by atoms with E-state index in [1.54, 1.807) is 11.0 Å². The van der Waals surface area contributed by atoms with Crippen LogP contribution in [0.15, 0.2) is 53.4 Å². The number of aromatic nitrogens is 2. The van der Waals surface area contributed by atoms with Gasteiger partial charge in [0.05, 0.1) is 17.1 Å².